The molecule has 14 heavy (non-hydrogen) atoms. The van der Waals surface area contributed by atoms with Crippen LogP contribution < -0.4 is 0 Å². The smallest absolute Gasteiger partial charge is 0.324 e. The molecule has 12 heteroatoms. The lowest BCUT2D eigenvalue weighted by atomic mass is 11.8. The van der Waals surface area contributed by atoms with Crippen LogP contribution >= 0.6 is 23.2 Å². The molecule has 0 heterocycles. The van der Waals surface area contributed by atoms with E-state index in [4.69, 9.17) is 14.7 Å². The van der Waals surface area contributed by atoms with Gasteiger partial charge in [-0.05, 0) is 0 Å². The van der Waals surface area contributed by atoms with Gasteiger partial charge in [-0.25, -0.2) is 13.4 Å². The highest BCUT2D eigenvalue weighted by Crippen LogP contribution is 2.66. The molecule has 3 unspecified atom stereocenters. The highest BCUT2D eigenvalue weighted by Gasteiger charge is 2.38. The summed E-state index contributed by atoms with van der Waals surface area (Å²) < 4.78 is 42.9. The molecule has 0 bridgehead atoms. The van der Waals surface area contributed by atoms with Crippen LogP contribution in [0.3, 0.4) is 0 Å². The van der Waals surface area contributed by atoms with Crippen molar-refractivity contribution in [2.75, 3.05) is 13.8 Å². The van der Waals surface area contributed by atoms with Crippen molar-refractivity contribution in [3.05, 3.63) is 0 Å². The maximum atomic E-state index is 10.8. The van der Waals surface area contributed by atoms with E-state index in [-0.39, 0.29) is 0 Å². The van der Waals surface area contributed by atoms with Gasteiger partial charge in [0.2, 0.25) is 0 Å². The summed E-state index contributed by atoms with van der Waals surface area (Å²) in [5.74, 6) is 0. The average Bonchev–Trinajstić information content (AvgIpc) is 1.78. The van der Waals surface area contributed by atoms with Gasteiger partial charge >= 0.3 is 23.2 Å². The lowest BCUT2D eigenvalue weighted by Crippen LogP contribution is -1.93. The first-order chi connectivity index (χ1) is 5.97. The van der Waals surface area contributed by atoms with Crippen LogP contribution in [0.2, 0.25) is 0 Å². The first-order valence-electron chi connectivity index (χ1n) is 2.92. The van der Waals surface area contributed by atoms with Crippen LogP contribution in [-0.2, 0) is 26.8 Å². The molecule has 3 N–H and O–H groups in total. The maximum absolute atomic E-state index is 10.8. The van der Waals surface area contributed by atoms with Crippen molar-refractivity contribution in [1.82, 2.24) is 0 Å². The van der Waals surface area contributed by atoms with Gasteiger partial charge in [-0.15, -0.1) is 0 Å². The molecule has 9 nitrogen and oxygen atoms in total. The van der Waals surface area contributed by atoms with Gasteiger partial charge in [-0.3, -0.25) is 9.09 Å². The van der Waals surface area contributed by atoms with Crippen LogP contribution in [0.25, 0.3) is 0 Å². The summed E-state index contributed by atoms with van der Waals surface area (Å²) in [6.07, 6.45) is 0. The summed E-state index contributed by atoms with van der Waals surface area (Å²) in [6, 6.07) is 0. The summed E-state index contributed by atoms with van der Waals surface area (Å²) in [4.78, 5) is 25.8. The molecule has 0 amide bonds. The van der Waals surface area contributed by atoms with Crippen LogP contribution in [0, 0.1) is 0 Å². The Labute approximate surface area is 79.4 Å². The van der Waals surface area contributed by atoms with Gasteiger partial charge in [0.1, 0.15) is 0 Å². The molecule has 0 aromatic rings. The molecule has 0 rings (SSSR count). The molecular formula is C2H9O9P3. The van der Waals surface area contributed by atoms with Gasteiger partial charge < -0.3 is 14.7 Å². The van der Waals surface area contributed by atoms with Crippen molar-refractivity contribution in [2.24, 2.45) is 0 Å². The molecule has 0 aliphatic rings. The number of phosphoric acid groups is 2. The summed E-state index contributed by atoms with van der Waals surface area (Å²) in [5.41, 5.74) is 0. The monoisotopic (exact) mass is 270 g/mol. The quantitative estimate of drug-likeness (QED) is 0.615. The van der Waals surface area contributed by atoms with Crippen molar-refractivity contribution in [2.45, 2.75) is 0 Å². The fourth-order valence-electron chi connectivity index (χ4n) is 0.370. The maximum Gasteiger partial charge on any atom is 0.488 e. The van der Waals surface area contributed by atoms with Crippen LogP contribution in [-0.4, -0.2) is 28.5 Å². The Hall–Kier alpha value is 0.450. The van der Waals surface area contributed by atoms with E-state index in [1.54, 1.807) is 0 Å². The predicted molar refractivity (Wildman–Crippen MR) is 44.6 cm³/mol. The van der Waals surface area contributed by atoms with Crippen molar-refractivity contribution < 1.29 is 41.5 Å². The van der Waals surface area contributed by atoms with Crippen molar-refractivity contribution in [3.63, 3.8) is 0 Å². The molecule has 86 valence electrons. The van der Waals surface area contributed by atoms with E-state index in [0.717, 1.165) is 7.11 Å². The summed E-state index contributed by atoms with van der Waals surface area (Å²) in [6.45, 7) is 0.605. The van der Waals surface area contributed by atoms with E-state index in [1.807, 2.05) is 0 Å². The van der Waals surface area contributed by atoms with Crippen molar-refractivity contribution >= 4 is 23.2 Å². The molecule has 0 spiro atoms. The third-order valence-electron chi connectivity index (χ3n) is 0.692. The third kappa shape index (κ3) is 6.84. The van der Waals surface area contributed by atoms with Gasteiger partial charge in [0, 0.05) is 13.8 Å². The Morgan fingerprint density at radius 2 is 1.36 bits per heavy atom. The van der Waals surface area contributed by atoms with Gasteiger partial charge in [0.05, 0.1) is 0 Å². The molecule has 0 fully saturated rings. The zero-order valence-electron chi connectivity index (χ0n) is 7.13. The molecule has 0 aliphatic carbocycles. The Kier molecular flexibility index (Phi) is 4.68. The second-order valence-corrected chi connectivity index (χ2v) is 7.24. The second kappa shape index (κ2) is 4.53. The predicted octanol–water partition coefficient (Wildman–Crippen LogP) is 0.682. The molecule has 0 aliphatic heterocycles. The van der Waals surface area contributed by atoms with Gasteiger partial charge in [-0.2, -0.15) is 4.31 Å². The van der Waals surface area contributed by atoms with E-state index < -0.39 is 23.2 Å². The van der Waals surface area contributed by atoms with Crippen molar-refractivity contribution in [1.29, 1.82) is 0 Å². The number of hydrogen-bond acceptors (Lipinski definition) is 6. The first kappa shape index (κ1) is 14.5. The van der Waals surface area contributed by atoms with Crippen LogP contribution in [0.15, 0.2) is 0 Å². The van der Waals surface area contributed by atoms with Gasteiger partial charge in [-0.1, -0.05) is 0 Å². The molecule has 0 saturated heterocycles. The van der Waals surface area contributed by atoms with E-state index in [0.29, 0.717) is 6.66 Å². The van der Waals surface area contributed by atoms with E-state index in [9.17, 15) is 13.7 Å². The fraction of sp³-hybridized carbons (Fsp3) is 1.00. The minimum Gasteiger partial charge on any atom is -0.324 e. The SMILES string of the molecule is COP(=O)(O)OP(=O)(O)OP(C)(=O)O. The zero-order chi connectivity index (χ0) is 11.6. The molecule has 0 aromatic carbocycles. The average molecular weight is 270 g/mol. The minimum atomic E-state index is -5.10. The number of rotatable bonds is 5. The Bertz CT molecular complexity index is 327. The lowest BCUT2D eigenvalue weighted by Gasteiger charge is -2.15. The van der Waals surface area contributed by atoms with Crippen LogP contribution in [0.1, 0.15) is 0 Å². The first-order valence-corrected chi connectivity index (χ1v) is 7.93. The zero-order valence-corrected chi connectivity index (χ0v) is 9.82. The van der Waals surface area contributed by atoms with Crippen LogP contribution in [0.4, 0.5) is 0 Å². The Morgan fingerprint density at radius 1 is 0.929 bits per heavy atom. The summed E-state index contributed by atoms with van der Waals surface area (Å²) in [7, 11) is -13.4. The summed E-state index contributed by atoms with van der Waals surface area (Å²) in [5, 5.41) is 0. The van der Waals surface area contributed by atoms with Crippen molar-refractivity contribution in [3.8, 4) is 0 Å². The van der Waals surface area contributed by atoms with E-state index in [2.05, 4.69) is 13.1 Å². The van der Waals surface area contributed by atoms with Crippen LogP contribution in [0.5, 0.6) is 0 Å². The normalized spacial score (nSPS) is 24.6. The van der Waals surface area contributed by atoms with E-state index in [1.165, 1.54) is 0 Å². The Balaban J connectivity index is 4.60. The van der Waals surface area contributed by atoms with E-state index >= 15 is 0 Å². The molecule has 0 aromatic heterocycles. The minimum absolute atomic E-state index is 0.605. The molecule has 0 radical (unpaired) electrons. The van der Waals surface area contributed by atoms with Gasteiger partial charge in [0.15, 0.2) is 0 Å². The van der Waals surface area contributed by atoms with Gasteiger partial charge in [0.25, 0.3) is 0 Å². The summed E-state index contributed by atoms with van der Waals surface area (Å²) >= 11 is 0. The Morgan fingerprint density at radius 3 is 1.64 bits per heavy atom. The number of phosphoric ester groups is 1. The highest BCUT2D eigenvalue weighted by molar-refractivity contribution is 7.68. The third-order valence-corrected chi connectivity index (χ3v) is 4.84. The highest BCUT2D eigenvalue weighted by atomic mass is 31.3. The second-order valence-electron chi connectivity index (χ2n) is 2.09. The molecule has 0 saturated carbocycles. The lowest BCUT2D eigenvalue weighted by molar-refractivity contribution is 0.203. The largest absolute Gasteiger partial charge is 0.488 e. The standard InChI is InChI=1S/C2H9O9P3/c1-9-13(5,6)11-14(7,8)10-12(2,3)4/h1-2H3,(H,3,4)(H,5,6)(H,7,8). The molecule has 3 atom stereocenters. The number of hydrogen-bond donors (Lipinski definition) is 3. The fourth-order valence-corrected chi connectivity index (χ4v) is 3.60. The molecular weight excluding hydrogens is 261 g/mol. The topological polar surface area (TPSA) is 140 Å².